The van der Waals surface area contributed by atoms with E-state index in [4.69, 9.17) is 0 Å². The summed E-state index contributed by atoms with van der Waals surface area (Å²) in [6.45, 7) is 0. The molecule has 0 radical (unpaired) electrons. The van der Waals surface area contributed by atoms with E-state index in [0.29, 0.717) is 11.8 Å². The van der Waals surface area contributed by atoms with Crippen molar-refractivity contribution in [1.82, 2.24) is 5.32 Å². The number of hydrogen-bond donors (Lipinski definition) is 2. The summed E-state index contributed by atoms with van der Waals surface area (Å²) in [5, 5.41) is 13.2. The van der Waals surface area contributed by atoms with Gasteiger partial charge in [0.05, 0.1) is 0 Å². The van der Waals surface area contributed by atoms with Crippen molar-refractivity contribution in [2.24, 2.45) is 0 Å². The lowest BCUT2D eigenvalue weighted by atomic mass is 9.85. The van der Waals surface area contributed by atoms with Crippen molar-refractivity contribution in [2.75, 3.05) is 0 Å². The molecule has 1 unspecified atom stereocenters. The number of benzene rings is 1. The van der Waals surface area contributed by atoms with Crippen LogP contribution in [0.4, 0.5) is 0 Å². The summed E-state index contributed by atoms with van der Waals surface area (Å²) in [6, 6.07) is 7.11. The highest BCUT2D eigenvalue weighted by Gasteiger charge is 2.25. The summed E-state index contributed by atoms with van der Waals surface area (Å²) in [5.74, 6) is 0.406. The standard InChI is InChI=1S/C14H19NO/c16-12-7-8-13-10(9-12)3-1-6-14(13)15-11-4-2-5-11/h7-9,11,14-16H,1-6H2. The van der Waals surface area contributed by atoms with Crippen molar-refractivity contribution in [1.29, 1.82) is 0 Å². The normalized spacial score (nSPS) is 24.9. The molecule has 3 rings (SSSR count). The Morgan fingerprint density at radius 1 is 1.12 bits per heavy atom. The van der Waals surface area contributed by atoms with Crippen LogP contribution in [-0.4, -0.2) is 11.1 Å². The van der Waals surface area contributed by atoms with Gasteiger partial charge in [0.25, 0.3) is 0 Å². The Kier molecular flexibility index (Phi) is 2.60. The molecule has 2 heteroatoms. The molecule has 2 aliphatic rings. The van der Waals surface area contributed by atoms with Crippen molar-refractivity contribution in [3.8, 4) is 5.75 Å². The van der Waals surface area contributed by atoms with Crippen molar-refractivity contribution in [2.45, 2.75) is 50.6 Å². The Balaban J connectivity index is 1.81. The predicted molar refractivity (Wildman–Crippen MR) is 64.6 cm³/mol. The predicted octanol–water partition coefficient (Wildman–Crippen LogP) is 2.91. The lowest BCUT2D eigenvalue weighted by molar-refractivity contribution is 0.290. The summed E-state index contributed by atoms with van der Waals surface area (Å²) in [5.41, 5.74) is 2.75. The number of fused-ring (bicyclic) bond motifs is 1. The third-order valence-electron chi connectivity index (χ3n) is 3.98. The van der Waals surface area contributed by atoms with Crippen LogP contribution >= 0.6 is 0 Å². The molecule has 0 spiro atoms. The Bertz CT molecular complexity index is 384. The van der Waals surface area contributed by atoms with Gasteiger partial charge in [0.1, 0.15) is 5.75 Å². The lowest BCUT2D eigenvalue weighted by Gasteiger charge is -2.34. The number of phenolic OH excluding ortho intramolecular Hbond substituents is 1. The largest absolute Gasteiger partial charge is 0.508 e. The van der Waals surface area contributed by atoms with Gasteiger partial charge in [-0.1, -0.05) is 12.5 Å². The van der Waals surface area contributed by atoms with Crippen molar-refractivity contribution in [3.05, 3.63) is 29.3 Å². The number of phenols is 1. The number of aryl methyl sites for hydroxylation is 1. The first-order valence-electron chi connectivity index (χ1n) is 6.41. The van der Waals surface area contributed by atoms with Crippen LogP contribution in [0.2, 0.25) is 0 Å². The molecule has 1 saturated carbocycles. The summed E-state index contributed by atoms with van der Waals surface area (Å²) in [7, 11) is 0. The molecule has 16 heavy (non-hydrogen) atoms. The second-order valence-electron chi connectivity index (χ2n) is 5.12. The molecule has 1 fully saturated rings. The average molecular weight is 217 g/mol. The maximum Gasteiger partial charge on any atom is 0.115 e. The summed E-state index contributed by atoms with van der Waals surface area (Å²) >= 11 is 0. The van der Waals surface area contributed by atoms with Gasteiger partial charge in [-0.25, -0.2) is 0 Å². The highest BCUT2D eigenvalue weighted by atomic mass is 16.3. The fourth-order valence-electron chi connectivity index (χ4n) is 2.83. The quantitative estimate of drug-likeness (QED) is 0.798. The zero-order valence-electron chi connectivity index (χ0n) is 9.58. The first-order chi connectivity index (χ1) is 7.83. The maximum absolute atomic E-state index is 9.49. The van der Waals surface area contributed by atoms with E-state index < -0.39 is 0 Å². The lowest BCUT2D eigenvalue weighted by Crippen LogP contribution is -2.39. The number of aromatic hydroxyl groups is 1. The van der Waals surface area contributed by atoms with Crippen LogP contribution in [0.15, 0.2) is 18.2 Å². The summed E-state index contributed by atoms with van der Waals surface area (Å²) in [4.78, 5) is 0. The summed E-state index contributed by atoms with van der Waals surface area (Å²) < 4.78 is 0. The van der Waals surface area contributed by atoms with Gasteiger partial charge in [0.15, 0.2) is 0 Å². The van der Waals surface area contributed by atoms with E-state index in [0.717, 1.165) is 12.5 Å². The van der Waals surface area contributed by atoms with Gasteiger partial charge in [0, 0.05) is 12.1 Å². The Morgan fingerprint density at radius 3 is 2.75 bits per heavy atom. The SMILES string of the molecule is Oc1ccc2c(c1)CCCC2NC1CCC1. The van der Waals surface area contributed by atoms with Crippen LogP contribution in [-0.2, 0) is 6.42 Å². The fourth-order valence-corrected chi connectivity index (χ4v) is 2.83. The van der Waals surface area contributed by atoms with Gasteiger partial charge in [0.2, 0.25) is 0 Å². The Hall–Kier alpha value is -1.02. The van der Waals surface area contributed by atoms with E-state index in [1.54, 1.807) is 0 Å². The van der Waals surface area contributed by atoms with Crippen molar-refractivity contribution >= 4 is 0 Å². The van der Waals surface area contributed by atoms with Gasteiger partial charge in [-0.2, -0.15) is 0 Å². The number of rotatable bonds is 2. The average Bonchev–Trinajstić information content (AvgIpc) is 2.23. The molecular formula is C14H19NO. The maximum atomic E-state index is 9.49. The number of hydrogen-bond acceptors (Lipinski definition) is 2. The zero-order chi connectivity index (χ0) is 11.0. The van der Waals surface area contributed by atoms with Crippen molar-refractivity contribution in [3.63, 3.8) is 0 Å². The third-order valence-corrected chi connectivity index (χ3v) is 3.98. The van der Waals surface area contributed by atoms with Crippen LogP contribution in [0.3, 0.4) is 0 Å². The Labute approximate surface area is 96.7 Å². The highest BCUT2D eigenvalue weighted by molar-refractivity contribution is 5.38. The third kappa shape index (κ3) is 1.82. The van der Waals surface area contributed by atoms with E-state index in [1.807, 2.05) is 12.1 Å². The van der Waals surface area contributed by atoms with Gasteiger partial charge < -0.3 is 10.4 Å². The van der Waals surface area contributed by atoms with Gasteiger partial charge >= 0.3 is 0 Å². The first kappa shape index (κ1) is 10.2. The molecule has 0 saturated heterocycles. The first-order valence-corrected chi connectivity index (χ1v) is 6.41. The highest BCUT2D eigenvalue weighted by Crippen LogP contribution is 2.33. The topological polar surface area (TPSA) is 32.3 Å². The van der Waals surface area contributed by atoms with E-state index in [1.165, 1.54) is 43.2 Å². The van der Waals surface area contributed by atoms with Crippen LogP contribution < -0.4 is 5.32 Å². The number of nitrogens with one attached hydrogen (secondary N) is 1. The molecule has 0 amide bonds. The van der Waals surface area contributed by atoms with Gasteiger partial charge in [-0.3, -0.25) is 0 Å². The van der Waals surface area contributed by atoms with Crippen LogP contribution in [0, 0.1) is 0 Å². The van der Waals surface area contributed by atoms with Crippen molar-refractivity contribution < 1.29 is 5.11 Å². The smallest absolute Gasteiger partial charge is 0.115 e. The molecule has 1 aromatic carbocycles. The molecule has 0 aromatic heterocycles. The minimum absolute atomic E-state index is 0.406. The van der Waals surface area contributed by atoms with E-state index in [9.17, 15) is 5.11 Å². The fraction of sp³-hybridized carbons (Fsp3) is 0.571. The van der Waals surface area contributed by atoms with Gasteiger partial charge in [-0.05, 0) is 55.4 Å². The second kappa shape index (κ2) is 4.10. The molecule has 0 heterocycles. The minimum Gasteiger partial charge on any atom is -0.508 e. The molecule has 2 nitrogen and oxygen atoms in total. The van der Waals surface area contributed by atoms with Gasteiger partial charge in [-0.15, -0.1) is 0 Å². The molecule has 0 bridgehead atoms. The van der Waals surface area contributed by atoms with E-state index >= 15 is 0 Å². The van der Waals surface area contributed by atoms with E-state index in [2.05, 4.69) is 11.4 Å². The minimum atomic E-state index is 0.406. The molecule has 1 atom stereocenters. The Morgan fingerprint density at radius 2 is 2.00 bits per heavy atom. The molecule has 2 N–H and O–H groups in total. The van der Waals surface area contributed by atoms with E-state index in [-0.39, 0.29) is 0 Å². The molecule has 2 aliphatic carbocycles. The molecule has 86 valence electrons. The van der Waals surface area contributed by atoms with Crippen LogP contribution in [0.25, 0.3) is 0 Å². The zero-order valence-corrected chi connectivity index (χ0v) is 9.58. The monoisotopic (exact) mass is 217 g/mol. The second-order valence-corrected chi connectivity index (χ2v) is 5.12. The molecule has 0 aliphatic heterocycles. The van der Waals surface area contributed by atoms with Crippen LogP contribution in [0.1, 0.15) is 49.3 Å². The summed E-state index contributed by atoms with van der Waals surface area (Å²) in [6.07, 6.45) is 7.66. The molecule has 1 aromatic rings. The van der Waals surface area contributed by atoms with Crippen LogP contribution in [0.5, 0.6) is 5.75 Å². The molecular weight excluding hydrogens is 198 g/mol.